The molecule has 0 aliphatic carbocycles. The maximum atomic E-state index is 9.24. The van der Waals surface area contributed by atoms with Gasteiger partial charge >= 0.3 is 0 Å². The highest BCUT2D eigenvalue weighted by molar-refractivity contribution is 7.99. The van der Waals surface area contributed by atoms with Crippen molar-refractivity contribution in [2.45, 2.75) is 18.3 Å². The summed E-state index contributed by atoms with van der Waals surface area (Å²) < 4.78 is 0. The molecule has 2 atom stereocenters. The summed E-state index contributed by atoms with van der Waals surface area (Å²) in [7, 11) is 0. The molecule has 2 nitrogen and oxygen atoms in total. The predicted molar refractivity (Wildman–Crippen MR) is 40.8 cm³/mol. The number of nitrogens with one attached hydrogen (secondary N) is 1. The van der Waals surface area contributed by atoms with E-state index in [1.807, 2.05) is 11.8 Å². The maximum Gasteiger partial charge on any atom is 0.0795 e. The van der Waals surface area contributed by atoms with Crippen LogP contribution in [0.3, 0.4) is 0 Å². The second kappa shape index (κ2) is 3.44. The summed E-state index contributed by atoms with van der Waals surface area (Å²) >= 11 is 1.83. The first kappa shape index (κ1) is 7.38. The number of hydrogen-bond donors (Lipinski definition) is 2. The normalized spacial score (nSPS) is 35.3. The second-order valence-corrected chi connectivity index (χ2v) is 3.74. The molecule has 1 rings (SSSR count). The van der Waals surface area contributed by atoms with Crippen LogP contribution in [0, 0.1) is 0 Å². The molecular formula is C6H13NOS. The molecule has 1 saturated heterocycles. The fraction of sp³-hybridized carbons (Fsp3) is 1.00. The number of thioether (sulfide) groups is 1. The topological polar surface area (TPSA) is 32.3 Å². The minimum atomic E-state index is -0.116. The van der Waals surface area contributed by atoms with Crippen LogP contribution in [0.4, 0.5) is 0 Å². The Hall–Kier alpha value is 0.270. The van der Waals surface area contributed by atoms with Gasteiger partial charge < -0.3 is 10.4 Å². The van der Waals surface area contributed by atoms with E-state index in [0.29, 0.717) is 5.25 Å². The standard InChI is InChI=1S/C6H13NOS/c1-2-9-6-4-7-3-5(6)8/h5-8H,2-4H2,1H3. The summed E-state index contributed by atoms with van der Waals surface area (Å²) in [4.78, 5) is 0. The van der Waals surface area contributed by atoms with Crippen LogP contribution >= 0.6 is 11.8 Å². The molecule has 3 heteroatoms. The lowest BCUT2D eigenvalue weighted by Crippen LogP contribution is -2.20. The lowest BCUT2D eigenvalue weighted by atomic mass is 10.3. The average Bonchev–Trinajstić information content (AvgIpc) is 2.18. The number of rotatable bonds is 2. The van der Waals surface area contributed by atoms with Crippen molar-refractivity contribution in [3.63, 3.8) is 0 Å². The third-order valence-electron chi connectivity index (χ3n) is 1.51. The van der Waals surface area contributed by atoms with Crippen molar-refractivity contribution >= 4 is 11.8 Å². The zero-order chi connectivity index (χ0) is 6.69. The molecule has 0 aromatic heterocycles. The molecule has 0 radical (unpaired) electrons. The first-order valence-corrected chi connectivity index (χ1v) is 4.40. The van der Waals surface area contributed by atoms with Gasteiger partial charge in [0.25, 0.3) is 0 Å². The summed E-state index contributed by atoms with van der Waals surface area (Å²) in [5.74, 6) is 1.10. The highest BCUT2D eigenvalue weighted by Gasteiger charge is 2.23. The van der Waals surface area contributed by atoms with E-state index in [1.165, 1.54) is 0 Å². The van der Waals surface area contributed by atoms with Crippen LogP contribution in [-0.4, -0.2) is 35.3 Å². The van der Waals surface area contributed by atoms with Gasteiger partial charge in [-0.1, -0.05) is 6.92 Å². The summed E-state index contributed by atoms with van der Waals surface area (Å²) in [6.45, 7) is 3.87. The van der Waals surface area contributed by atoms with E-state index in [-0.39, 0.29) is 6.10 Å². The van der Waals surface area contributed by atoms with Crippen molar-refractivity contribution in [3.8, 4) is 0 Å². The van der Waals surface area contributed by atoms with Crippen LogP contribution in [0.2, 0.25) is 0 Å². The molecule has 2 N–H and O–H groups in total. The SMILES string of the molecule is CCSC1CNCC1O. The van der Waals surface area contributed by atoms with Gasteiger partial charge in [0.2, 0.25) is 0 Å². The van der Waals surface area contributed by atoms with E-state index >= 15 is 0 Å². The molecule has 0 saturated carbocycles. The molecule has 9 heavy (non-hydrogen) atoms. The highest BCUT2D eigenvalue weighted by atomic mass is 32.2. The van der Waals surface area contributed by atoms with Gasteiger partial charge in [-0.15, -0.1) is 0 Å². The molecule has 1 fully saturated rings. The van der Waals surface area contributed by atoms with Crippen LogP contribution in [0.15, 0.2) is 0 Å². The van der Waals surface area contributed by atoms with E-state index in [1.54, 1.807) is 0 Å². The number of aliphatic hydroxyl groups is 1. The molecule has 1 heterocycles. The average molecular weight is 147 g/mol. The Morgan fingerprint density at radius 3 is 2.89 bits per heavy atom. The Kier molecular flexibility index (Phi) is 2.82. The predicted octanol–water partition coefficient (Wildman–Crippen LogP) is 0.0722. The summed E-state index contributed by atoms with van der Waals surface area (Å²) in [6.07, 6.45) is -0.116. The zero-order valence-corrected chi connectivity index (χ0v) is 6.45. The Morgan fingerprint density at radius 2 is 2.44 bits per heavy atom. The minimum absolute atomic E-state index is 0.116. The fourth-order valence-electron chi connectivity index (χ4n) is 1.03. The van der Waals surface area contributed by atoms with Crippen LogP contribution in [-0.2, 0) is 0 Å². The smallest absolute Gasteiger partial charge is 0.0795 e. The van der Waals surface area contributed by atoms with Crippen LogP contribution < -0.4 is 5.32 Å². The number of aliphatic hydroxyl groups excluding tert-OH is 1. The Labute approximate surface area is 60.0 Å². The van der Waals surface area contributed by atoms with E-state index in [0.717, 1.165) is 18.8 Å². The maximum absolute atomic E-state index is 9.24. The monoisotopic (exact) mass is 147 g/mol. The summed E-state index contributed by atoms with van der Waals surface area (Å²) in [5, 5.41) is 12.8. The Morgan fingerprint density at radius 1 is 1.67 bits per heavy atom. The largest absolute Gasteiger partial charge is 0.391 e. The molecule has 0 aromatic rings. The van der Waals surface area contributed by atoms with Gasteiger partial charge in [0.1, 0.15) is 0 Å². The van der Waals surface area contributed by atoms with E-state index in [4.69, 9.17) is 0 Å². The first-order chi connectivity index (χ1) is 4.34. The number of β-amino-alcohol motifs (C(OH)–C–C–N with tert-alkyl or cyclic N) is 1. The lowest BCUT2D eigenvalue weighted by molar-refractivity contribution is 0.201. The van der Waals surface area contributed by atoms with Crippen molar-refractivity contribution in [3.05, 3.63) is 0 Å². The van der Waals surface area contributed by atoms with Crippen LogP contribution in [0.25, 0.3) is 0 Å². The van der Waals surface area contributed by atoms with Gasteiger partial charge in [-0.2, -0.15) is 11.8 Å². The second-order valence-electron chi connectivity index (χ2n) is 2.22. The molecule has 0 bridgehead atoms. The van der Waals surface area contributed by atoms with Crippen molar-refractivity contribution in [2.24, 2.45) is 0 Å². The van der Waals surface area contributed by atoms with Crippen LogP contribution in [0.5, 0.6) is 0 Å². The summed E-state index contributed by atoms with van der Waals surface area (Å²) in [5.41, 5.74) is 0. The third kappa shape index (κ3) is 1.85. The van der Waals surface area contributed by atoms with Crippen molar-refractivity contribution in [1.82, 2.24) is 5.32 Å². The molecular weight excluding hydrogens is 134 g/mol. The third-order valence-corrected chi connectivity index (χ3v) is 2.75. The molecule has 0 spiro atoms. The molecule has 0 aromatic carbocycles. The van der Waals surface area contributed by atoms with Crippen LogP contribution in [0.1, 0.15) is 6.92 Å². The highest BCUT2D eigenvalue weighted by Crippen LogP contribution is 2.16. The van der Waals surface area contributed by atoms with Gasteiger partial charge in [-0.3, -0.25) is 0 Å². The minimum Gasteiger partial charge on any atom is -0.391 e. The molecule has 54 valence electrons. The molecule has 1 aliphatic rings. The van der Waals surface area contributed by atoms with Crippen molar-refractivity contribution < 1.29 is 5.11 Å². The molecule has 1 aliphatic heterocycles. The van der Waals surface area contributed by atoms with E-state index < -0.39 is 0 Å². The van der Waals surface area contributed by atoms with Gasteiger partial charge in [-0.25, -0.2) is 0 Å². The van der Waals surface area contributed by atoms with E-state index in [2.05, 4.69) is 12.2 Å². The molecule has 2 unspecified atom stereocenters. The zero-order valence-electron chi connectivity index (χ0n) is 5.63. The summed E-state index contributed by atoms with van der Waals surface area (Å²) in [6, 6.07) is 0. The van der Waals surface area contributed by atoms with Gasteiger partial charge in [0.15, 0.2) is 0 Å². The van der Waals surface area contributed by atoms with Crippen molar-refractivity contribution in [1.29, 1.82) is 0 Å². The quantitative estimate of drug-likeness (QED) is 0.580. The van der Waals surface area contributed by atoms with Gasteiger partial charge in [0, 0.05) is 18.3 Å². The number of hydrogen-bond acceptors (Lipinski definition) is 3. The first-order valence-electron chi connectivity index (χ1n) is 3.35. The lowest BCUT2D eigenvalue weighted by Gasteiger charge is -2.09. The Balaban J connectivity index is 2.22. The fourth-order valence-corrected chi connectivity index (χ4v) is 2.01. The van der Waals surface area contributed by atoms with Crippen molar-refractivity contribution in [2.75, 3.05) is 18.8 Å². The molecule has 0 amide bonds. The van der Waals surface area contributed by atoms with Gasteiger partial charge in [0.05, 0.1) is 6.10 Å². The Bertz CT molecular complexity index is 89.1. The van der Waals surface area contributed by atoms with E-state index in [9.17, 15) is 5.11 Å². The van der Waals surface area contributed by atoms with Gasteiger partial charge in [-0.05, 0) is 5.75 Å².